The molecule has 0 bridgehead atoms. The largest absolute Gasteiger partial charge is 0.462 e. The van der Waals surface area contributed by atoms with Gasteiger partial charge in [-0.15, -0.1) is 0 Å². The van der Waals surface area contributed by atoms with Crippen LogP contribution in [0.3, 0.4) is 0 Å². The minimum Gasteiger partial charge on any atom is -0.462 e. The Morgan fingerprint density at radius 1 is 1.07 bits per heavy atom. The molecule has 2 saturated carbocycles. The lowest BCUT2D eigenvalue weighted by atomic mass is 9.71. The zero-order chi connectivity index (χ0) is 28.8. The number of unbranched alkanes of at least 4 members (excludes halogenated alkanes) is 5. The molecule has 0 radical (unpaired) electrons. The van der Waals surface area contributed by atoms with Crippen molar-refractivity contribution in [2.45, 2.75) is 84.0 Å². The number of allylic oxidation sites excluding steroid dienone is 3. The number of aliphatic hydroxyl groups is 1. The van der Waals surface area contributed by atoms with Gasteiger partial charge >= 0.3 is 17.9 Å². The van der Waals surface area contributed by atoms with Crippen LogP contribution in [-0.2, 0) is 38.1 Å². The first kappa shape index (κ1) is 30.3. The number of fused-ring (bicyclic) bond motifs is 4. The van der Waals surface area contributed by atoms with Gasteiger partial charge in [0.05, 0.1) is 25.4 Å². The summed E-state index contributed by atoms with van der Waals surface area (Å²) in [4.78, 5) is 36.1. The van der Waals surface area contributed by atoms with Gasteiger partial charge in [-0.1, -0.05) is 50.8 Å². The molecule has 2 heterocycles. The van der Waals surface area contributed by atoms with E-state index in [9.17, 15) is 19.5 Å². The van der Waals surface area contributed by atoms with E-state index in [4.69, 9.17) is 23.7 Å². The summed E-state index contributed by atoms with van der Waals surface area (Å²) in [6, 6.07) is 0. The molecule has 4 aliphatic rings. The topological polar surface area (TPSA) is 121 Å². The molecular weight excluding hydrogens is 516 g/mol. The van der Waals surface area contributed by atoms with Crippen molar-refractivity contribution in [3.63, 3.8) is 0 Å². The number of carbonyl (C=O) groups excluding carboxylic acids is 3. The normalized spacial score (nSPS) is 33.9. The van der Waals surface area contributed by atoms with Crippen LogP contribution in [0, 0.1) is 29.1 Å². The van der Waals surface area contributed by atoms with Gasteiger partial charge in [-0.3, -0.25) is 9.59 Å². The fraction of sp³-hybridized carbons (Fsp3) is 0.710. The molecule has 0 amide bonds. The zero-order valence-electron chi connectivity index (χ0n) is 24.0. The van der Waals surface area contributed by atoms with Crippen molar-refractivity contribution in [3.05, 3.63) is 36.1 Å². The molecule has 1 unspecified atom stereocenters. The number of esters is 3. The van der Waals surface area contributed by atoms with E-state index in [1.54, 1.807) is 6.08 Å². The van der Waals surface area contributed by atoms with Gasteiger partial charge in [0.15, 0.2) is 0 Å². The van der Waals surface area contributed by atoms with Crippen LogP contribution in [0.5, 0.6) is 0 Å². The van der Waals surface area contributed by atoms with Crippen LogP contribution in [0.15, 0.2) is 36.1 Å². The second kappa shape index (κ2) is 13.3. The van der Waals surface area contributed by atoms with Crippen LogP contribution in [0.1, 0.15) is 72.1 Å². The van der Waals surface area contributed by atoms with Gasteiger partial charge in [-0.25, -0.2) is 4.79 Å². The van der Waals surface area contributed by atoms with Crippen molar-refractivity contribution in [1.29, 1.82) is 0 Å². The Balaban J connectivity index is 1.43. The highest BCUT2D eigenvalue weighted by atomic mass is 16.7. The van der Waals surface area contributed by atoms with Gasteiger partial charge in [0.2, 0.25) is 6.29 Å². The molecule has 7 atom stereocenters. The quantitative estimate of drug-likeness (QED) is 0.0823. The maximum Gasteiger partial charge on any atom is 0.330 e. The van der Waals surface area contributed by atoms with Crippen molar-refractivity contribution in [2.24, 2.45) is 29.1 Å². The van der Waals surface area contributed by atoms with Gasteiger partial charge in [0, 0.05) is 36.8 Å². The Kier molecular flexibility index (Phi) is 10.1. The lowest BCUT2D eigenvalue weighted by molar-refractivity contribution is -0.193. The Morgan fingerprint density at radius 3 is 2.52 bits per heavy atom. The molecule has 9 nitrogen and oxygen atoms in total. The molecule has 9 heteroatoms. The average molecular weight is 561 g/mol. The maximum absolute atomic E-state index is 12.5. The van der Waals surface area contributed by atoms with Crippen molar-refractivity contribution in [3.8, 4) is 0 Å². The van der Waals surface area contributed by atoms with E-state index in [-0.39, 0.29) is 43.5 Å². The Bertz CT molecular complexity index is 1010. The smallest absolute Gasteiger partial charge is 0.330 e. The van der Waals surface area contributed by atoms with E-state index in [2.05, 4.69) is 13.0 Å². The molecular formula is C31H44O9. The van der Waals surface area contributed by atoms with E-state index in [1.165, 1.54) is 51.9 Å². The summed E-state index contributed by atoms with van der Waals surface area (Å²) in [6.45, 7) is 5.34. The number of carbonyl (C=O) groups is 3. The molecule has 222 valence electrons. The summed E-state index contributed by atoms with van der Waals surface area (Å²) >= 11 is 0. The molecule has 1 spiro atoms. The van der Waals surface area contributed by atoms with E-state index in [1.807, 2.05) is 6.08 Å². The second-order valence-corrected chi connectivity index (χ2v) is 11.7. The van der Waals surface area contributed by atoms with Crippen molar-refractivity contribution < 1.29 is 43.2 Å². The number of rotatable bonds is 14. The van der Waals surface area contributed by atoms with Crippen LogP contribution in [0.25, 0.3) is 0 Å². The predicted molar refractivity (Wildman–Crippen MR) is 145 cm³/mol. The summed E-state index contributed by atoms with van der Waals surface area (Å²) in [5, 5.41) is 10.6. The first-order chi connectivity index (χ1) is 19.3. The SMILES string of the molecule is CCCCCCC/C=C/C=C/C(=O)OC[C@@]1(CO)[C@@H]2[C@H]3C(COC(C)=O)=CO[C@H](OC(C)=O)[C@H]3C3(CC[C@@H]21)CO3. The third kappa shape index (κ3) is 6.79. The summed E-state index contributed by atoms with van der Waals surface area (Å²) in [5.41, 5.74) is -0.404. The maximum atomic E-state index is 12.5. The van der Waals surface area contributed by atoms with Crippen LogP contribution in [0.2, 0.25) is 0 Å². The van der Waals surface area contributed by atoms with E-state index in [0.717, 1.165) is 24.8 Å². The van der Waals surface area contributed by atoms with Crippen LogP contribution >= 0.6 is 0 Å². The van der Waals surface area contributed by atoms with Crippen LogP contribution in [-0.4, -0.2) is 61.3 Å². The lowest BCUT2D eigenvalue weighted by Gasteiger charge is -2.41. The van der Waals surface area contributed by atoms with Gasteiger partial charge in [0.1, 0.15) is 18.8 Å². The second-order valence-electron chi connectivity index (χ2n) is 11.7. The summed E-state index contributed by atoms with van der Waals surface area (Å²) in [7, 11) is 0. The van der Waals surface area contributed by atoms with Gasteiger partial charge < -0.3 is 28.8 Å². The Labute approximate surface area is 236 Å². The van der Waals surface area contributed by atoms with E-state index < -0.39 is 35.2 Å². The number of hydrogen-bond acceptors (Lipinski definition) is 9. The summed E-state index contributed by atoms with van der Waals surface area (Å²) in [5.74, 6) is -1.94. The first-order valence-electron chi connectivity index (χ1n) is 14.7. The number of epoxide rings is 1. The standard InChI is InChI=1S/C31H44O9/c1-4-5-6-7-8-9-10-11-12-13-25(35)38-19-30(18-32)24-14-15-31(20-39-31)28-26(27(24)30)23(16-36-21(2)33)17-37-29(28)40-22(3)34/h10-13,17,24,26-29,32H,4-9,14-16,18-20H2,1-3H3/b11-10+,13-12+/t24-,26+,27-,28-,29+,30+,31?/m0/s1. The van der Waals surface area contributed by atoms with Crippen molar-refractivity contribution in [1.82, 2.24) is 0 Å². The molecule has 3 fully saturated rings. The molecule has 2 aliphatic carbocycles. The molecule has 2 aliphatic heterocycles. The molecule has 0 aromatic rings. The monoisotopic (exact) mass is 560 g/mol. The highest BCUT2D eigenvalue weighted by molar-refractivity contribution is 5.82. The predicted octanol–water partition coefficient (Wildman–Crippen LogP) is 4.39. The lowest BCUT2D eigenvalue weighted by Crippen LogP contribution is -2.48. The third-order valence-electron chi connectivity index (χ3n) is 9.03. The minimum absolute atomic E-state index is 0.0254. The van der Waals surface area contributed by atoms with Crippen LogP contribution in [0.4, 0.5) is 0 Å². The fourth-order valence-corrected chi connectivity index (χ4v) is 6.91. The van der Waals surface area contributed by atoms with Crippen LogP contribution < -0.4 is 0 Å². The molecule has 0 aromatic carbocycles. The van der Waals surface area contributed by atoms with Gasteiger partial charge in [-0.2, -0.15) is 0 Å². The number of ether oxygens (including phenoxy) is 5. The first-order valence-corrected chi connectivity index (χ1v) is 14.7. The number of hydrogen-bond donors (Lipinski definition) is 1. The molecule has 1 N–H and O–H groups in total. The molecule has 1 saturated heterocycles. The summed E-state index contributed by atoms with van der Waals surface area (Å²) < 4.78 is 28.4. The van der Waals surface area contributed by atoms with E-state index >= 15 is 0 Å². The molecule has 40 heavy (non-hydrogen) atoms. The van der Waals surface area contributed by atoms with Gasteiger partial charge in [-0.05, 0) is 37.5 Å². The third-order valence-corrected chi connectivity index (χ3v) is 9.03. The average Bonchev–Trinajstić information content (AvgIpc) is 3.83. The number of aliphatic hydroxyl groups excluding tert-OH is 1. The highest BCUT2D eigenvalue weighted by Crippen LogP contribution is 2.72. The molecule has 0 aromatic heterocycles. The highest BCUT2D eigenvalue weighted by Gasteiger charge is 2.75. The zero-order valence-corrected chi connectivity index (χ0v) is 24.0. The van der Waals surface area contributed by atoms with Crippen molar-refractivity contribution >= 4 is 17.9 Å². The van der Waals surface area contributed by atoms with Crippen molar-refractivity contribution in [2.75, 3.05) is 26.4 Å². The fourth-order valence-electron chi connectivity index (χ4n) is 6.91. The van der Waals surface area contributed by atoms with Gasteiger partial charge in [0.25, 0.3) is 0 Å². The van der Waals surface area contributed by atoms with E-state index in [0.29, 0.717) is 13.0 Å². The minimum atomic E-state index is -0.856. The summed E-state index contributed by atoms with van der Waals surface area (Å²) in [6.07, 6.45) is 16.3. The Hall–Kier alpha value is -2.65. The Morgan fingerprint density at radius 2 is 1.85 bits per heavy atom. The molecule has 4 rings (SSSR count).